The number of carboxylic acids is 1. The first-order valence-corrected chi connectivity index (χ1v) is 12.0. The molecule has 0 radical (unpaired) electrons. The zero-order valence-electron chi connectivity index (χ0n) is 18.3. The topological polar surface area (TPSA) is 97.5 Å². The molecule has 34 heavy (non-hydrogen) atoms. The molecule has 0 fully saturated rings. The third-order valence-corrected chi connectivity index (χ3v) is 6.86. The average molecular weight is 473 g/mol. The second-order valence-corrected chi connectivity index (χ2v) is 9.23. The number of amides is 2. The predicted octanol–water partition coefficient (Wildman–Crippen LogP) is 5.75. The lowest BCUT2D eigenvalue weighted by atomic mass is 10.0. The quantitative estimate of drug-likeness (QED) is 0.287. The zero-order valence-corrected chi connectivity index (χ0v) is 19.1. The molecule has 8 heteroatoms. The predicted molar refractivity (Wildman–Crippen MR) is 136 cm³/mol. The largest absolute Gasteiger partial charge is 0.481 e. The van der Waals surface area contributed by atoms with Crippen LogP contribution in [0.2, 0.25) is 0 Å². The van der Waals surface area contributed by atoms with Crippen LogP contribution in [0.4, 0.5) is 21.9 Å². The molecular weight excluding hydrogens is 448 g/mol. The van der Waals surface area contributed by atoms with Gasteiger partial charge in [0.1, 0.15) is 0 Å². The Balaban J connectivity index is 1.39. The maximum absolute atomic E-state index is 12.8. The molecule has 172 valence electrons. The number of benzene rings is 3. The molecule has 1 atom stereocenters. The van der Waals surface area contributed by atoms with E-state index in [9.17, 15) is 14.7 Å². The van der Waals surface area contributed by atoms with Gasteiger partial charge in [0.2, 0.25) is 0 Å². The van der Waals surface area contributed by atoms with Crippen LogP contribution in [0.5, 0.6) is 0 Å². The lowest BCUT2D eigenvalue weighted by Crippen LogP contribution is -2.34. The lowest BCUT2D eigenvalue weighted by molar-refractivity contribution is -0.137. The summed E-state index contributed by atoms with van der Waals surface area (Å²) in [6.45, 7) is 0.851. The van der Waals surface area contributed by atoms with E-state index in [1.165, 1.54) is 0 Å². The van der Waals surface area contributed by atoms with Crippen molar-refractivity contribution in [2.24, 2.45) is 0 Å². The van der Waals surface area contributed by atoms with Crippen molar-refractivity contribution < 1.29 is 14.7 Å². The van der Waals surface area contributed by atoms with Crippen molar-refractivity contribution >= 4 is 51.7 Å². The summed E-state index contributed by atoms with van der Waals surface area (Å²) in [4.78, 5) is 30.9. The number of aliphatic carboxylic acids is 1. The van der Waals surface area contributed by atoms with E-state index in [1.54, 1.807) is 11.8 Å². The molecule has 0 bridgehead atoms. The average Bonchev–Trinajstić information content (AvgIpc) is 3.31. The number of fused-ring (bicyclic) bond motifs is 2. The number of aromatic nitrogens is 1. The highest BCUT2D eigenvalue weighted by Gasteiger charge is 2.23. The Morgan fingerprint density at radius 1 is 1.06 bits per heavy atom. The van der Waals surface area contributed by atoms with Gasteiger partial charge in [-0.05, 0) is 53.4 Å². The van der Waals surface area contributed by atoms with Gasteiger partial charge in [0.25, 0.3) is 0 Å². The molecule has 4 N–H and O–H groups in total. The number of aromatic amines is 1. The monoisotopic (exact) mass is 472 g/mol. The van der Waals surface area contributed by atoms with Crippen LogP contribution >= 0.6 is 11.8 Å². The molecule has 2 amide bonds. The lowest BCUT2D eigenvalue weighted by Gasteiger charge is -2.32. The highest BCUT2D eigenvalue weighted by atomic mass is 32.2. The van der Waals surface area contributed by atoms with Crippen molar-refractivity contribution in [3.8, 4) is 0 Å². The highest BCUT2D eigenvalue weighted by molar-refractivity contribution is 7.99. The summed E-state index contributed by atoms with van der Waals surface area (Å²) < 4.78 is 0. The molecule has 0 spiro atoms. The minimum Gasteiger partial charge on any atom is -0.481 e. The van der Waals surface area contributed by atoms with Crippen molar-refractivity contribution in [3.05, 3.63) is 84.6 Å². The van der Waals surface area contributed by atoms with Crippen LogP contribution in [-0.2, 0) is 4.79 Å². The number of urea groups is 1. The fraction of sp³-hybridized carbons (Fsp3) is 0.154. The van der Waals surface area contributed by atoms with Gasteiger partial charge in [0.15, 0.2) is 0 Å². The first-order valence-electron chi connectivity index (χ1n) is 11.0. The summed E-state index contributed by atoms with van der Waals surface area (Å²) in [5.41, 5.74) is 4.39. The Morgan fingerprint density at radius 2 is 1.91 bits per heavy atom. The third kappa shape index (κ3) is 4.72. The van der Waals surface area contributed by atoms with E-state index in [4.69, 9.17) is 0 Å². The number of para-hydroxylation sites is 1. The van der Waals surface area contributed by atoms with Gasteiger partial charge in [-0.25, -0.2) is 4.79 Å². The Morgan fingerprint density at radius 3 is 2.74 bits per heavy atom. The van der Waals surface area contributed by atoms with Crippen LogP contribution in [0.1, 0.15) is 18.0 Å². The smallest absolute Gasteiger partial charge is 0.319 e. The van der Waals surface area contributed by atoms with Crippen LogP contribution in [-0.4, -0.2) is 34.4 Å². The van der Waals surface area contributed by atoms with Crippen LogP contribution in [0, 0.1) is 0 Å². The van der Waals surface area contributed by atoms with Crippen molar-refractivity contribution in [2.75, 3.05) is 22.5 Å². The number of H-pyrrole nitrogens is 1. The number of carbonyl (C=O) groups excluding carboxylic acids is 1. The van der Waals surface area contributed by atoms with Gasteiger partial charge in [0, 0.05) is 40.3 Å². The summed E-state index contributed by atoms with van der Waals surface area (Å²) in [7, 11) is 0. The second kappa shape index (κ2) is 9.52. The molecular formula is C26H24N4O3S. The highest BCUT2D eigenvalue weighted by Crippen LogP contribution is 2.40. The van der Waals surface area contributed by atoms with Gasteiger partial charge >= 0.3 is 12.0 Å². The van der Waals surface area contributed by atoms with Gasteiger partial charge < -0.3 is 25.6 Å². The van der Waals surface area contributed by atoms with Crippen molar-refractivity contribution in [1.82, 2.24) is 10.3 Å². The van der Waals surface area contributed by atoms with Gasteiger partial charge in [-0.2, -0.15) is 0 Å². The molecule has 0 saturated heterocycles. The van der Waals surface area contributed by atoms with Gasteiger partial charge in [-0.3, -0.25) is 4.79 Å². The molecule has 1 aromatic heterocycles. The van der Waals surface area contributed by atoms with E-state index in [1.807, 2.05) is 66.9 Å². The standard InChI is InChI=1S/C26H24N4O3S/c31-25(32)16-22(29-26(33)28-19-8-6-17-10-11-27-21(17)15-19)18-7-9-24-23(14-18)30(12-13-34-24)20-4-2-1-3-5-20/h1-11,14-15,22,27H,12-13,16H2,(H,31,32)(H2,28,29,33). The Labute approximate surface area is 201 Å². The van der Waals surface area contributed by atoms with E-state index in [0.717, 1.165) is 45.0 Å². The molecule has 0 aliphatic carbocycles. The Hall–Kier alpha value is -3.91. The fourth-order valence-corrected chi connectivity index (χ4v) is 5.18. The molecule has 1 unspecified atom stereocenters. The second-order valence-electron chi connectivity index (χ2n) is 8.09. The van der Waals surface area contributed by atoms with E-state index in [-0.39, 0.29) is 6.42 Å². The summed E-state index contributed by atoms with van der Waals surface area (Å²) in [5.74, 6) is -0.0175. The van der Waals surface area contributed by atoms with Crippen LogP contribution in [0.25, 0.3) is 10.9 Å². The van der Waals surface area contributed by atoms with Crippen LogP contribution in [0.3, 0.4) is 0 Å². The zero-order chi connectivity index (χ0) is 23.5. The van der Waals surface area contributed by atoms with Crippen LogP contribution in [0.15, 0.2) is 83.9 Å². The number of hydrogen-bond donors (Lipinski definition) is 4. The van der Waals surface area contributed by atoms with E-state index >= 15 is 0 Å². The molecule has 1 aliphatic rings. The minimum absolute atomic E-state index is 0.222. The van der Waals surface area contributed by atoms with Gasteiger partial charge in [-0.15, -0.1) is 11.8 Å². The Bertz CT molecular complexity index is 1340. The number of rotatable bonds is 6. The number of nitrogens with zero attached hydrogens (tertiary/aromatic N) is 1. The molecule has 1 aliphatic heterocycles. The van der Waals surface area contributed by atoms with Crippen LogP contribution < -0.4 is 15.5 Å². The van der Waals surface area contributed by atoms with E-state index in [0.29, 0.717) is 5.69 Å². The number of nitrogens with one attached hydrogen (secondary N) is 3. The van der Waals surface area contributed by atoms with Gasteiger partial charge in [-0.1, -0.05) is 30.3 Å². The number of carboxylic acid groups (broad SMARTS) is 1. The molecule has 5 rings (SSSR count). The van der Waals surface area contributed by atoms with Crippen molar-refractivity contribution in [2.45, 2.75) is 17.4 Å². The maximum Gasteiger partial charge on any atom is 0.319 e. The first kappa shape index (κ1) is 21.9. The summed E-state index contributed by atoms with van der Waals surface area (Å²) in [6.07, 6.45) is 1.62. The summed E-state index contributed by atoms with van der Waals surface area (Å²) in [5, 5.41) is 16.2. The van der Waals surface area contributed by atoms with Crippen molar-refractivity contribution in [1.29, 1.82) is 0 Å². The Kier molecular flexibility index (Phi) is 6.14. The molecule has 7 nitrogen and oxygen atoms in total. The van der Waals surface area contributed by atoms with E-state index < -0.39 is 18.0 Å². The number of thioether (sulfide) groups is 1. The van der Waals surface area contributed by atoms with E-state index in [2.05, 4.69) is 32.7 Å². The first-order chi connectivity index (χ1) is 16.6. The molecule has 2 heterocycles. The fourth-order valence-electron chi connectivity index (χ4n) is 4.21. The van der Waals surface area contributed by atoms with Crippen molar-refractivity contribution in [3.63, 3.8) is 0 Å². The molecule has 0 saturated carbocycles. The molecule has 4 aromatic rings. The van der Waals surface area contributed by atoms with Gasteiger partial charge in [0.05, 0.1) is 18.2 Å². The minimum atomic E-state index is -0.981. The number of hydrogen-bond acceptors (Lipinski definition) is 4. The SMILES string of the molecule is O=C(O)CC(NC(=O)Nc1ccc2cc[nH]c2c1)c1ccc2c(c1)N(c1ccccc1)CCS2. The summed E-state index contributed by atoms with van der Waals surface area (Å²) in [6, 6.07) is 22.4. The third-order valence-electron chi connectivity index (χ3n) is 5.81. The molecule has 3 aromatic carbocycles. The number of carbonyl (C=O) groups is 2. The summed E-state index contributed by atoms with van der Waals surface area (Å²) >= 11 is 1.78. The normalized spacial score (nSPS) is 13.8. The maximum atomic E-state index is 12.8. The number of anilines is 3.